The topological polar surface area (TPSA) is 12.0 Å². The van der Waals surface area contributed by atoms with E-state index in [0.717, 1.165) is 11.0 Å². The number of allylic oxidation sites excluding steroid dienone is 2. The van der Waals surface area contributed by atoms with E-state index in [1.807, 2.05) is 0 Å². The van der Waals surface area contributed by atoms with Gasteiger partial charge in [-0.2, -0.15) is 0 Å². The highest BCUT2D eigenvalue weighted by Crippen LogP contribution is 2.29. The SMILES string of the molecule is C[Si](C)(C)C1=CC=C(c2cc(Br)cc(-c3ccccc3)c2)NC1. The molecule has 1 N–H and O–H groups in total. The first-order valence-corrected chi connectivity index (χ1v) is 12.2. The van der Waals surface area contributed by atoms with Crippen LogP contribution in [0.2, 0.25) is 19.6 Å². The van der Waals surface area contributed by atoms with Gasteiger partial charge in [0.15, 0.2) is 0 Å². The van der Waals surface area contributed by atoms with Gasteiger partial charge in [-0.3, -0.25) is 0 Å². The van der Waals surface area contributed by atoms with E-state index in [1.54, 1.807) is 5.20 Å². The summed E-state index contributed by atoms with van der Waals surface area (Å²) in [5.74, 6) is 0. The highest BCUT2D eigenvalue weighted by atomic mass is 79.9. The molecule has 0 atom stereocenters. The summed E-state index contributed by atoms with van der Waals surface area (Å²) in [7, 11) is -1.22. The highest BCUT2D eigenvalue weighted by Gasteiger charge is 2.21. The summed E-state index contributed by atoms with van der Waals surface area (Å²) in [5, 5.41) is 5.17. The van der Waals surface area contributed by atoms with E-state index in [-0.39, 0.29) is 0 Å². The second kappa shape index (κ2) is 6.50. The van der Waals surface area contributed by atoms with Crippen molar-refractivity contribution in [3.05, 3.63) is 75.9 Å². The fraction of sp³-hybridized carbons (Fsp3) is 0.200. The lowest BCUT2D eigenvalue weighted by molar-refractivity contribution is 0.972. The molecule has 0 unspecified atom stereocenters. The Morgan fingerprint density at radius 2 is 1.57 bits per heavy atom. The number of benzene rings is 2. The quantitative estimate of drug-likeness (QED) is 0.653. The van der Waals surface area contributed by atoms with Gasteiger partial charge in [0.1, 0.15) is 0 Å². The molecule has 0 saturated carbocycles. The maximum absolute atomic E-state index is 3.66. The average molecular weight is 384 g/mol. The monoisotopic (exact) mass is 383 g/mol. The van der Waals surface area contributed by atoms with Gasteiger partial charge in [0.05, 0.1) is 8.07 Å². The first kappa shape index (κ1) is 16.3. The van der Waals surface area contributed by atoms with Crippen molar-refractivity contribution in [3.63, 3.8) is 0 Å². The Hall–Kier alpha value is -1.58. The summed E-state index contributed by atoms with van der Waals surface area (Å²) in [6.45, 7) is 8.15. The molecule has 0 fully saturated rings. The molecular formula is C20H22BrNSi. The normalized spacial score (nSPS) is 14.8. The van der Waals surface area contributed by atoms with Crippen LogP contribution in [0.4, 0.5) is 0 Å². The predicted molar refractivity (Wildman–Crippen MR) is 107 cm³/mol. The van der Waals surface area contributed by atoms with Crippen LogP contribution in [0.25, 0.3) is 16.8 Å². The maximum Gasteiger partial charge on any atom is 0.0747 e. The van der Waals surface area contributed by atoms with Crippen molar-refractivity contribution in [2.75, 3.05) is 6.54 Å². The van der Waals surface area contributed by atoms with Gasteiger partial charge in [0.2, 0.25) is 0 Å². The summed E-state index contributed by atoms with van der Waals surface area (Å²) < 4.78 is 1.11. The van der Waals surface area contributed by atoms with Gasteiger partial charge >= 0.3 is 0 Å². The summed E-state index contributed by atoms with van der Waals surface area (Å²) in [5.41, 5.74) is 4.90. The molecule has 0 bridgehead atoms. The summed E-state index contributed by atoms with van der Waals surface area (Å²) in [6, 6.07) is 17.1. The minimum atomic E-state index is -1.22. The molecule has 0 amide bonds. The van der Waals surface area contributed by atoms with Crippen LogP contribution < -0.4 is 5.32 Å². The molecule has 0 aliphatic carbocycles. The Bertz CT molecular complexity index is 770. The van der Waals surface area contributed by atoms with Crippen molar-refractivity contribution in [2.24, 2.45) is 0 Å². The van der Waals surface area contributed by atoms with Crippen molar-refractivity contribution in [3.8, 4) is 11.1 Å². The fourth-order valence-electron chi connectivity index (χ4n) is 2.75. The van der Waals surface area contributed by atoms with Crippen molar-refractivity contribution < 1.29 is 0 Å². The zero-order chi connectivity index (χ0) is 16.4. The number of hydrogen-bond donors (Lipinski definition) is 1. The van der Waals surface area contributed by atoms with Crippen LogP contribution in [0.5, 0.6) is 0 Å². The summed E-state index contributed by atoms with van der Waals surface area (Å²) in [4.78, 5) is 0. The van der Waals surface area contributed by atoms with Gasteiger partial charge in [-0.15, -0.1) is 0 Å². The Labute approximate surface area is 148 Å². The third-order valence-corrected chi connectivity index (χ3v) is 6.93. The van der Waals surface area contributed by atoms with Gasteiger partial charge in [-0.1, -0.05) is 77.2 Å². The number of halogens is 1. The largest absolute Gasteiger partial charge is 0.381 e. The standard InChI is InChI=1S/C20H22BrNSi/c1-23(2,3)19-9-10-20(22-14-19)17-11-16(12-18(21)13-17)15-7-5-4-6-8-15/h4-13,22H,14H2,1-3H3. The second-order valence-electron chi connectivity index (χ2n) is 6.97. The molecule has 1 aliphatic rings. The molecule has 23 heavy (non-hydrogen) atoms. The summed E-state index contributed by atoms with van der Waals surface area (Å²) in [6.07, 6.45) is 4.55. The Kier molecular flexibility index (Phi) is 4.60. The first-order chi connectivity index (χ1) is 10.9. The molecule has 1 aliphatic heterocycles. The van der Waals surface area contributed by atoms with Crippen LogP contribution in [0.3, 0.4) is 0 Å². The van der Waals surface area contributed by atoms with Crippen LogP contribution in [0.15, 0.2) is 70.4 Å². The molecule has 1 nitrogen and oxygen atoms in total. The minimum Gasteiger partial charge on any atom is -0.381 e. The molecule has 0 saturated heterocycles. The van der Waals surface area contributed by atoms with Crippen molar-refractivity contribution in [1.82, 2.24) is 5.32 Å². The van der Waals surface area contributed by atoms with Gasteiger partial charge in [-0.05, 0) is 41.0 Å². The van der Waals surface area contributed by atoms with Crippen molar-refractivity contribution in [1.29, 1.82) is 0 Å². The number of rotatable bonds is 3. The smallest absolute Gasteiger partial charge is 0.0747 e. The van der Waals surface area contributed by atoms with E-state index < -0.39 is 8.07 Å². The number of nitrogens with one attached hydrogen (secondary N) is 1. The van der Waals surface area contributed by atoms with Crippen LogP contribution in [-0.4, -0.2) is 14.6 Å². The number of dihydropyridines is 1. The highest BCUT2D eigenvalue weighted by molar-refractivity contribution is 9.10. The predicted octanol–water partition coefficient (Wildman–Crippen LogP) is 5.86. The third kappa shape index (κ3) is 3.85. The van der Waals surface area contributed by atoms with Crippen LogP contribution >= 0.6 is 15.9 Å². The summed E-state index contributed by atoms with van der Waals surface area (Å²) >= 11 is 3.66. The van der Waals surface area contributed by atoms with Crippen molar-refractivity contribution in [2.45, 2.75) is 19.6 Å². The van der Waals surface area contributed by atoms with Crippen LogP contribution in [-0.2, 0) is 0 Å². The van der Waals surface area contributed by atoms with E-state index in [9.17, 15) is 0 Å². The lowest BCUT2D eigenvalue weighted by Gasteiger charge is -2.26. The first-order valence-electron chi connectivity index (χ1n) is 7.95. The molecule has 1 heterocycles. The Morgan fingerprint density at radius 1 is 0.870 bits per heavy atom. The molecule has 0 aromatic heterocycles. The van der Waals surface area contributed by atoms with Gasteiger partial charge in [0.25, 0.3) is 0 Å². The lowest BCUT2D eigenvalue weighted by atomic mass is 10.0. The molecule has 118 valence electrons. The Balaban J connectivity index is 1.97. The third-order valence-electron chi connectivity index (χ3n) is 4.20. The van der Waals surface area contributed by atoms with Crippen LogP contribution in [0, 0.1) is 0 Å². The molecular weight excluding hydrogens is 362 g/mol. The molecule has 0 spiro atoms. The fourth-order valence-corrected chi connectivity index (χ4v) is 4.44. The zero-order valence-corrected chi connectivity index (χ0v) is 16.4. The second-order valence-corrected chi connectivity index (χ2v) is 13.0. The van der Waals surface area contributed by atoms with E-state index in [1.165, 1.54) is 22.4 Å². The van der Waals surface area contributed by atoms with Crippen molar-refractivity contribution >= 4 is 29.7 Å². The molecule has 3 heteroatoms. The Morgan fingerprint density at radius 3 is 2.17 bits per heavy atom. The lowest BCUT2D eigenvalue weighted by Crippen LogP contribution is -2.33. The number of hydrogen-bond acceptors (Lipinski definition) is 1. The molecule has 3 rings (SSSR count). The van der Waals surface area contributed by atoms with Crippen LogP contribution in [0.1, 0.15) is 5.56 Å². The molecule has 2 aromatic rings. The van der Waals surface area contributed by atoms with E-state index in [4.69, 9.17) is 0 Å². The van der Waals surface area contributed by atoms with E-state index in [2.05, 4.69) is 102 Å². The maximum atomic E-state index is 3.66. The average Bonchev–Trinajstić information content (AvgIpc) is 2.54. The molecule has 2 aromatic carbocycles. The van der Waals surface area contributed by atoms with E-state index in [0.29, 0.717) is 0 Å². The van der Waals surface area contributed by atoms with Gasteiger partial charge < -0.3 is 5.32 Å². The van der Waals surface area contributed by atoms with Gasteiger partial charge in [-0.25, -0.2) is 0 Å². The van der Waals surface area contributed by atoms with Gasteiger partial charge in [0, 0.05) is 16.7 Å². The minimum absolute atomic E-state index is 0.967. The zero-order valence-electron chi connectivity index (χ0n) is 13.9. The van der Waals surface area contributed by atoms with E-state index >= 15 is 0 Å². The molecule has 0 radical (unpaired) electrons.